The lowest BCUT2D eigenvalue weighted by atomic mass is 10.1. The number of anilines is 1. The topological polar surface area (TPSA) is 166 Å². The van der Waals surface area contributed by atoms with Gasteiger partial charge in [-0.1, -0.05) is 23.4 Å². The van der Waals surface area contributed by atoms with Gasteiger partial charge in [0.05, 0.1) is 5.71 Å². The number of hydrogen-bond acceptors (Lipinski definition) is 8. The van der Waals surface area contributed by atoms with Gasteiger partial charge >= 0.3 is 12.1 Å². The Morgan fingerprint density at radius 2 is 1.94 bits per heavy atom. The van der Waals surface area contributed by atoms with Gasteiger partial charge in [0.25, 0.3) is 0 Å². The number of benzene rings is 1. The summed E-state index contributed by atoms with van der Waals surface area (Å²) in [7, 11) is 1.58. The molecule has 184 valence electrons. The summed E-state index contributed by atoms with van der Waals surface area (Å²) in [5.74, 6) is -0.459. The maximum absolute atomic E-state index is 15.0. The zero-order valence-electron chi connectivity index (χ0n) is 19.4. The largest absolute Gasteiger partial charge is 0.443 e. The van der Waals surface area contributed by atoms with Crippen LogP contribution in [0.15, 0.2) is 50.7 Å². The number of oxime groups is 1. The summed E-state index contributed by atoms with van der Waals surface area (Å²) in [6, 6.07) is 4.93. The molecule has 2 aromatic rings. The van der Waals surface area contributed by atoms with Gasteiger partial charge < -0.3 is 25.9 Å². The van der Waals surface area contributed by atoms with Crippen LogP contribution in [0.2, 0.25) is 0 Å². The van der Waals surface area contributed by atoms with E-state index in [-0.39, 0.29) is 23.8 Å². The number of hydrogen-bond donors (Lipinski definition) is 2. The average molecular weight is 484 g/mol. The number of amides is 1. The van der Waals surface area contributed by atoms with Gasteiger partial charge in [0.2, 0.25) is 5.95 Å². The van der Waals surface area contributed by atoms with Crippen molar-refractivity contribution in [1.82, 2.24) is 9.97 Å². The Morgan fingerprint density at radius 1 is 1.23 bits per heavy atom. The van der Waals surface area contributed by atoms with Gasteiger partial charge in [-0.05, 0) is 6.92 Å². The van der Waals surface area contributed by atoms with E-state index in [1.54, 1.807) is 44.7 Å². The lowest BCUT2D eigenvalue weighted by Crippen LogP contribution is -2.35. The highest BCUT2D eigenvalue weighted by atomic mass is 19.1. The number of amidine groups is 1. The molecule has 4 N–H and O–H groups in total. The molecule has 1 saturated heterocycles. The summed E-state index contributed by atoms with van der Waals surface area (Å²) >= 11 is 0. The predicted octanol–water partition coefficient (Wildman–Crippen LogP) is 2.24. The first-order valence-corrected chi connectivity index (χ1v) is 10.7. The van der Waals surface area contributed by atoms with E-state index >= 15 is 0 Å². The molecule has 0 atom stereocenters. The standard InChI is InChI=1S/C22H26FN9O3/c1-3-27-21(26-2)35-31-16-7-9-32(10-8-16)20-28-11-15(12-29-20)17-6-4-5-14(18(17)23)13-34-22(33)30-19(24)25/h3-6,11-12H,7-10,13H2,1-2H3,(H4,24,25,30,33). The summed E-state index contributed by atoms with van der Waals surface area (Å²) in [5.41, 5.74) is 12.1. The maximum atomic E-state index is 15.0. The predicted molar refractivity (Wildman–Crippen MR) is 131 cm³/mol. The van der Waals surface area contributed by atoms with Crippen molar-refractivity contribution in [1.29, 1.82) is 0 Å². The molecule has 0 spiro atoms. The molecular formula is C22H26FN9O3. The molecule has 35 heavy (non-hydrogen) atoms. The Labute approximate surface area is 201 Å². The van der Waals surface area contributed by atoms with Gasteiger partial charge in [0.15, 0.2) is 5.96 Å². The number of piperidine rings is 1. The molecule has 1 amide bonds. The quantitative estimate of drug-likeness (QED) is 0.371. The highest BCUT2D eigenvalue weighted by Gasteiger charge is 2.19. The molecule has 0 saturated carbocycles. The highest BCUT2D eigenvalue weighted by Crippen LogP contribution is 2.26. The second-order valence-corrected chi connectivity index (χ2v) is 7.27. The molecule has 0 radical (unpaired) electrons. The third-order valence-electron chi connectivity index (χ3n) is 4.91. The lowest BCUT2D eigenvalue weighted by molar-refractivity contribution is 0.149. The first kappa shape index (κ1) is 25.2. The number of guanidine groups is 1. The number of nitrogens with zero attached hydrogens (tertiary/aromatic N) is 7. The molecule has 0 unspecified atom stereocenters. The molecule has 0 bridgehead atoms. The smallest absolute Gasteiger partial charge is 0.437 e. The molecule has 1 fully saturated rings. The van der Waals surface area contributed by atoms with E-state index in [0.717, 1.165) is 5.71 Å². The molecule has 2 heterocycles. The minimum atomic E-state index is -1.00. The van der Waals surface area contributed by atoms with Crippen LogP contribution in [-0.4, -0.2) is 60.1 Å². The molecule has 1 aromatic heterocycles. The summed E-state index contributed by atoms with van der Waals surface area (Å²) in [6.07, 6.45) is 5.03. The normalized spacial score (nSPS) is 14.1. The van der Waals surface area contributed by atoms with Crippen molar-refractivity contribution in [2.24, 2.45) is 31.6 Å². The maximum Gasteiger partial charge on any atom is 0.437 e. The molecular weight excluding hydrogens is 457 g/mol. The van der Waals surface area contributed by atoms with Crippen LogP contribution >= 0.6 is 0 Å². The number of nitrogens with two attached hydrogens (primary N) is 2. The number of halogens is 1. The first-order valence-electron chi connectivity index (χ1n) is 10.7. The van der Waals surface area contributed by atoms with Gasteiger partial charge in [0, 0.05) is 68.3 Å². The van der Waals surface area contributed by atoms with Crippen molar-refractivity contribution in [2.75, 3.05) is 25.0 Å². The van der Waals surface area contributed by atoms with Crippen molar-refractivity contribution in [3.05, 3.63) is 42.0 Å². The Hall–Kier alpha value is -4.42. The van der Waals surface area contributed by atoms with Gasteiger partial charge in [-0.2, -0.15) is 0 Å². The Balaban J connectivity index is 1.63. The number of carbonyl (C=O) groups is 1. The van der Waals surface area contributed by atoms with Gasteiger partial charge in [0.1, 0.15) is 12.4 Å². The van der Waals surface area contributed by atoms with E-state index in [4.69, 9.17) is 21.0 Å². The summed E-state index contributed by atoms with van der Waals surface area (Å²) < 4.78 is 19.9. The first-order chi connectivity index (χ1) is 16.9. The second-order valence-electron chi connectivity index (χ2n) is 7.27. The molecule has 0 aliphatic carbocycles. The summed E-state index contributed by atoms with van der Waals surface area (Å²) in [4.78, 5) is 38.6. The average Bonchev–Trinajstić information content (AvgIpc) is 2.86. The van der Waals surface area contributed by atoms with Crippen molar-refractivity contribution < 1.29 is 18.8 Å². The van der Waals surface area contributed by atoms with Gasteiger partial charge in [-0.15, -0.1) is 4.99 Å². The van der Waals surface area contributed by atoms with E-state index in [9.17, 15) is 9.18 Å². The third-order valence-corrected chi connectivity index (χ3v) is 4.91. The van der Waals surface area contributed by atoms with Crippen molar-refractivity contribution in [2.45, 2.75) is 26.4 Å². The van der Waals surface area contributed by atoms with Gasteiger partial charge in [-0.3, -0.25) is 0 Å². The molecule has 1 aliphatic heterocycles. The Morgan fingerprint density at radius 3 is 2.57 bits per heavy atom. The molecule has 12 nitrogen and oxygen atoms in total. The SMILES string of the molecule is CC=NC(=NC)ON=C1CCN(c2ncc(-c3cccc(COC(=O)N=C(N)N)c3F)cn2)CC1. The second kappa shape index (κ2) is 12.2. The van der Waals surface area contributed by atoms with E-state index in [1.165, 1.54) is 6.07 Å². The Bertz CT molecular complexity index is 1150. The van der Waals surface area contributed by atoms with Gasteiger partial charge in [-0.25, -0.2) is 29.1 Å². The van der Waals surface area contributed by atoms with Crippen LogP contribution in [0.3, 0.4) is 0 Å². The zero-order chi connectivity index (χ0) is 25.2. The number of aliphatic imine (C=N–C) groups is 3. The number of aromatic nitrogens is 2. The fraction of sp³-hybridized carbons (Fsp3) is 0.318. The summed E-state index contributed by atoms with van der Waals surface area (Å²) in [6.45, 7) is 2.75. The Kier molecular flexibility index (Phi) is 8.76. The molecule has 13 heteroatoms. The fourth-order valence-corrected chi connectivity index (χ4v) is 3.21. The van der Waals surface area contributed by atoms with Crippen LogP contribution in [0.25, 0.3) is 11.1 Å². The van der Waals surface area contributed by atoms with Crippen molar-refractivity contribution in [3.8, 4) is 11.1 Å². The highest BCUT2D eigenvalue weighted by molar-refractivity contribution is 5.88. The summed E-state index contributed by atoms with van der Waals surface area (Å²) in [5, 5.41) is 4.12. The zero-order valence-corrected chi connectivity index (χ0v) is 19.4. The lowest BCUT2D eigenvalue weighted by Gasteiger charge is -2.27. The van der Waals surface area contributed by atoms with Crippen LogP contribution in [0.5, 0.6) is 0 Å². The van der Waals surface area contributed by atoms with E-state index in [2.05, 4.69) is 30.1 Å². The van der Waals surface area contributed by atoms with E-state index in [0.29, 0.717) is 37.4 Å². The van der Waals surface area contributed by atoms with E-state index in [1.807, 2.05) is 4.90 Å². The van der Waals surface area contributed by atoms with Crippen LogP contribution < -0.4 is 16.4 Å². The number of carbonyl (C=O) groups excluding carboxylic acids is 1. The van der Waals surface area contributed by atoms with Crippen LogP contribution in [0.1, 0.15) is 25.3 Å². The van der Waals surface area contributed by atoms with E-state index < -0.39 is 17.9 Å². The third kappa shape index (κ3) is 7.03. The number of rotatable bonds is 5. The molecule has 1 aliphatic rings. The van der Waals surface area contributed by atoms with Crippen LogP contribution in [-0.2, 0) is 16.2 Å². The van der Waals surface area contributed by atoms with Crippen LogP contribution in [0.4, 0.5) is 15.1 Å². The monoisotopic (exact) mass is 483 g/mol. The molecule has 3 rings (SSSR count). The minimum absolute atomic E-state index is 0.164. The van der Waals surface area contributed by atoms with Crippen molar-refractivity contribution in [3.63, 3.8) is 0 Å². The minimum Gasteiger partial charge on any atom is -0.443 e. The number of ether oxygens (including phenoxy) is 1. The fourth-order valence-electron chi connectivity index (χ4n) is 3.21. The van der Waals surface area contributed by atoms with Crippen LogP contribution in [0, 0.1) is 5.82 Å². The van der Waals surface area contributed by atoms with Crippen molar-refractivity contribution >= 4 is 35.9 Å². The molecule has 1 aromatic carbocycles.